The van der Waals surface area contributed by atoms with Gasteiger partial charge in [0.25, 0.3) is 11.8 Å². The number of carbonyl (C=O) groups is 2. The Bertz CT molecular complexity index is 1020. The lowest BCUT2D eigenvalue weighted by molar-refractivity contribution is -0.138. The summed E-state index contributed by atoms with van der Waals surface area (Å²) in [5.74, 6) is -2.09. The maximum absolute atomic E-state index is 13.7. The lowest BCUT2D eigenvalue weighted by Crippen LogP contribution is -2.38. The summed E-state index contributed by atoms with van der Waals surface area (Å²) in [6.45, 7) is 0.620. The second-order valence-corrected chi connectivity index (χ2v) is 7.33. The summed E-state index contributed by atoms with van der Waals surface area (Å²) in [6.07, 6.45) is -3.94. The van der Waals surface area contributed by atoms with Gasteiger partial charge in [0, 0.05) is 29.9 Å². The fourth-order valence-electron chi connectivity index (χ4n) is 3.72. The van der Waals surface area contributed by atoms with E-state index in [-0.39, 0.29) is 17.0 Å². The average Bonchev–Trinajstić information content (AvgIpc) is 2.72. The van der Waals surface area contributed by atoms with Crippen LogP contribution in [0.4, 0.5) is 18.9 Å². The molecule has 31 heavy (non-hydrogen) atoms. The predicted molar refractivity (Wildman–Crippen MR) is 110 cm³/mol. The standard InChI is InChI=1S/C21H22F3N5O2/c22-21(23,24)17-11-13(18(30)28-20(26)27)4-5-16(17)12-6-8-29(9-7-12)19(31)14-2-1-3-15(25)10-14/h1-5,10-12H,6-9,25H2,(H4,26,27,28,30). The molecule has 0 aliphatic carbocycles. The van der Waals surface area contributed by atoms with Crippen molar-refractivity contribution in [3.8, 4) is 0 Å². The minimum Gasteiger partial charge on any atom is -0.399 e. The van der Waals surface area contributed by atoms with E-state index >= 15 is 0 Å². The Hall–Kier alpha value is -3.56. The number of aliphatic imine (C=N–C) groups is 1. The van der Waals surface area contributed by atoms with Gasteiger partial charge in [-0.3, -0.25) is 9.59 Å². The Morgan fingerprint density at radius 1 is 1.00 bits per heavy atom. The molecule has 7 nitrogen and oxygen atoms in total. The van der Waals surface area contributed by atoms with E-state index in [0.717, 1.165) is 6.07 Å². The Kier molecular flexibility index (Phi) is 6.19. The zero-order chi connectivity index (χ0) is 22.8. The first-order valence-corrected chi connectivity index (χ1v) is 9.56. The Morgan fingerprint density at radius 3 is 2.26 bits per heavy atom. The van der Waals surface area contributed by atoms with Crippen molar-refractivity contribution in [3.05, 3.63) is 64.7 Å². The van der Waals surface area contributed by atoms with Crippen molar-refractivity contribution in [1.29, 1.82) is 0 Å². The molecular formula is C21H22F3N5O2. The number of anilines is 1. The van der Waals surface area contributed by atoms with Gasteiger partial charge in [0.05, 0.1) is 5.56 Å². The zero-order valence-electron chi connectivity index (χ0n) is 16.5. The SMILES string of the molecule is NC(N)=NC(=O)c1ccc(C2CCN(C(=O)c3cccc(N)c3)CC2)c(C(F)(F)F)c1. The number of hydrogen-bond acceptors (Lipinski definition) is 3. The molecule has 10 heteroatoms. The Labute approximate surface area is 176 Å². The molecule has 0 saturated carbocycles. The molecule has 0 radical (unpaired) electrons. The minimum atomic E-state index is -4.65. The van der Waals surface area contributed by atoms with E-state index in [1.54, 1.807) is 29.2 Å². The number of hydrogen-bond donors (Lipinski definition) is 3. The van der Waals surface area contributed by atoms with Crippen molar-refractivity contribution in [2.45, 2.75) is 24.9 Å². The molecule has 1 aliphatic heterocycles. The van der Waals surface area contributed by atoms with Crippen LogP contribution in [0.15, 0.2) is 47.5 Å². The molecule has 0 aromatic heterocycles. The monoisotopic (exact) mass is 433 g/mol. The molecule has 1 saturated heterocycles. The van der Waals surface area contributed by atoms with E-state index < -0.39 is 29.5 Å². The molecule has 3 rings (SSSR count). The van der Waals surface area contributed by atoms with Crippen molar-refractivity contribution >= 4 is 23.5 Å². The minimum absolute atomic E-state index is 0.0878. The number of guanidine groups is 1. The highest BCUT2D eigenvalue weighted by atomic mass is 19.4. The molecule has 0 atom stereocenters. The Balaban J connectivity index is 1.80. The van der Waals surface area contributed by atoms with Crippen molar-refractivity contribution in [3.63, 3.8) is 0 Å². The molecule has 6 N–H and O–H groups in total. The first-order chi connectivity index (χ1) is 14.6. The normalized spacial score (nSPS) is 14.9. The van der Waals surface area contributed by atoms with Crippen LogP contribution < -0.4 is 17.2 Å². The maximum Gasteiger partial charge on any atom is 0.416 e. The number of nitrogens with zero attached hydrogens (tertiary/aromatic N) is 2. The fraction of sp³-hybridized carbons (Fsp3) is 0.286. The summed E-state index contributed by atoms with van der Waals surface area (Å²) < 4.78 is 41.1. The van der Waals surface area contributed by atoms with E-state index in [0.29, 0.717) is 37.2 Å². The van der Waals surface area contributed by atoms with Crippen LogP contribution in [0.5, 0.6) is 0 Å². The largest absolute Gasteiger partial charge is 0.416 e. The van der Waals surface area contributed by atoms with Gasteiger partial charge >= 0.3 is 6.18 Å². The van der Waals surface area contributed by atoms with E-state index in [2.05, 4.69) is 4.99 Å². The topological polar surface area (TPSA) is 128 Å². The number of halogens is 3. The molecule has 1 heterocycles. The van der Waals surface area contributed by atoms with Crippen molar-refractivity contribution in [1.82, 2.24) is 4.90 Å². The van der Waals surface area contributed by atoms with E-state index in [1.807, 2.05) is 0 Å². The summed E-state index contributed by atoms with van der Waals surface area (Å²) in [5.41, 5.74) is 15.8. The lowest BCUT2D eigenvalue weighted by Gasteiger charge is -2.33. The van der Waals surface area contributed by atoms with Gasteiger partial charge in [0.15, 0.2) is 5.96 Å². The van der Waals surface area contributed by atoms with Gasteiger partial charge in [-0.15, -0.1) is 0 Å². The van der Waals surface area contributed by atoms with Gasteiger partial charge in [0.2, 0.25) is 0 Å². The number of carbonyl (C=O) groups excluding carboxylic acids is 2. The highest BCUT2D eigenvalue weighted by Crippen LogP contribution is 2.39. The van der Waals surface area contributed by atoms with Crippen LogP contribution in [0.25, 0.3) is 0 Å². The third-order valence-electron chi connectivity index (χ3n) is 5.19. The van der Waals surface area contributed by atoms with E-state index in [9.17, 15) is 22.8 Å². The summed E-state index contributed by atoms with van der Waals surface area (Å²) in [4.78, 5) is 29.5. The second-order valence-electron chi connectivity index (χ2n) is 7.33. The van der Waals surface area contributed by atoms with Gasteiger partial charge in [-0.05, 0) is 54.7 Å². The molecule has 1 fully saturated rings. The number of alkyl halides is 3. The quantitative estimate of drug-likeness (QED) is 0.390. The number of rotatable bonds is 3. The summed E-state index contributed by atoms with van der Waals surface area (Å²) >= 11 is 0. The lowest BCUT2D eigenvalue weighted by atomic mass is 9.85. The molecular weight excluding hydrogens is 411 g/mol. The van der Waals surface area contributed by atoms with Crippen LogP contribution in [0, 0.1) is 0 Å². The van der Waals surface area contributed by atoms with Crippen molar-refractivity contribution < 1.29 is 22.8 Å². The van der Waals surface area contributed by atoms with Crippen molar-refractivity contribution in [2.24, 2.45) is 16.5 Å². The average molecular weight is 433 g/mol. The second kappa shape index (κ2) is 8.66. The van der Waals surface area contributed by atoms with Crippen LogP contribution in [-0.4, -0.2) is 35.8 Å². The third kappa shape index (κ3) is 5.14. The Morgan fingerprint density at radius 2 is 1.68 bits per heavy atom. The van der Waals surface area contributed by atoms with Gasteiger partial charge in [0.1, 0.15) is 0 Å². The zero-order valence-corrected chi connectivity index (χ0v) is 16.5. The van der Waals surface area contributed by atoms with E-state index in [1.165, 1.54) is 12.1 Å². The molecule has 2 aromatic rings. The molecule has 2 aromatic carbocycles. The van der Waals surface area contributed by atoms with Crippen LogP contribution in [0.3, 0.4) is 0 Å². The number of piperidine rings is 1. The molecule has 0 spiro atoms. The fourth-order valence-corrected chi connectivity index (χ4v) is 3.72. The number of nitrogens with two attached hydrogens (primary N) is 3. The summed E-state index contributed by atoms with van der Waals surface area (Å²) in [6, 6.07) is 9.91. The molecule has 164 valence electrons. The maximum atomic E-state index is 13.7. The smallest absolute Gasteiger partial charge is 0.399 e. The number of nitrogen functional groups attached to an aromatic ring is 1. The first-order valence-electron chi connectivity index (χ1n) is 9.56. The van der Waals surface area contributed by atoms with Crippen LogP contribution in [0.2, 0.25) is 0 Å². The van der Waals surface area contributed by atoms with Gasteiger partial charge in [-0.1, -0.05) is 12.1 Å². The van der Waals surface area contributed by atoms with Crippen LogP contribution in [-0.2, 0) is 6.18 Å². The highest BCUT2D eigenvalue weighted by molar-refractivity contribution is 6.02. The molecule has 1 aliphatic rings. The molecule has 0 bridgehead atoms. The highest BCUT2D eigenvalue weighted by Gasteiger charge is 2.37. The summed E-state index contributed by atoms with van der Waals surface area (Å²) in [7, 11) is 0. The van der Waals surface area contributed by atoms with Gasteiger partial charge in [-0.2, -0.15) is 18.2 Å². The summed E-state index contributed by atoms with van der Waals surface area (Å²) in [5, 5.41) is 0. The van der Waals surface area contributed by atoms with Gasteiger partial charge < -0.3 is 22.1 Å². The van der Waals surface area contributed by atoms with Crippen LogP contribution >= 0.6 is 0 Å². The van der Waals surface area contributed by atoms with Gasteiger partial charge in [-0.25, -0.2) is 0 Å². The number of benzene rings is 2. The van der Waals surface area contributed by atoms with Crippen molar-refractivity contribution in [2.75, 3.05) is 18.8 Å². The first kappa shape index (κ1) is 22.1. The molecule has 0 unspecified atom stereocenters. The third-order valence-corrected chi connectivity index (χ3v) is 5.19. The predicted octanol–water partition coefficient (Wildman–Crippen LogP) is 2.72. The molecule has 2 amide bonds. The van der Waals surface area contributed by atoms with E-state index in [4.69, 9.17) is 17.2 Å². The number of likely N-dealkylation sites (tertiary alicyclic amines) is 1. The van der Waals surface area contributed by atoms with Crippen LogP contribution in [0.1, 0.15) is 50.6 Å². The number of amides is 2.